The van der Waals surface area contributed by atoms with Gasteiger partial charge in [0, 0.05) is 13.6 Å². The number of anilines is 1. The summed E-state index contributed by atoms with van der Waals surface area (Å²) in [6, 6.07) is -0.452. The molecule has 0 unspecified atom stereocenters. The number of hydrogen-bond donors (Lipinski definition) is 3. The molecule has 0 atom stereocenters. The van der Waals surface area contributed by atoms with Gasteiger partial charge in [-0.25, -0.2) is 9.48 Å². The minimum absolute atomic E-state index is 0.107. The van der Waals surface area contributed by atoms with Gasteiger partial charge in [-0.3, -0.25) is 5.32 Å². The third kappa shape index (κ3) is 2.67. The molecule has 0 saturated heterocycles. The summed E-state index contributed by atoms with van der Waals surface area (Å²) in [4.78, 5) is 11.0. The maximum atomic E-state index is 11.0. The van der Waals surface area contributed by atoms with Crippen molar-refractivity contribution in [1.29, 1.82) is 0 Å². The lowest BCUT2D eigenvalue weighted by molar-refractivity contribution is 0.244. The molecule has 0 bridgehead atoms. The fraction of sp³-hybridized carbons (Fsp3) is 0.600. The lowest BCUT2D eigenvalue weighted by Gasteiger charge is -2.03. The quantitative estimate of drug-likeness (QED) is 0.523. The van der Waals surface area contributed by atoms with Crippen LogP contribution >= 0.6 is 0 Å². The average Bonchev–Trinajstić information content (AvgIpc) is 2.48. The highest BCUT2D eigenvalue weighted by Crippen LogP contribution is 1.93. The van der Waals surface area contributed by atoms with E-state index in [2.05, 4.69) is 26.2 Å². The number of aryl methyl sites for hydroxylation is 1. The van der Waals surface area contributed by atoms with Crippen LogP contribution in [0.2, 0.25) is 0 Å². The molecule has 0 aromatic carbocycles. The summed E-state index contributed by atoms with van der Waals surface area (Å²) in [7, 11) is 1.60. The molecule has 0 fully saturated rings. The van der Waals surface area contributed by atoms with E-state index >= 15 is 0 Å². The fourth-order valence-electron chi connectivity index (χ4n) is 0.651. The summed E-state index contributed by atoms with van der Waals surface area (Å²) >= 11 is 0. The van der Waals surface area contributed by atoms with Crippen molar-refractivity contribution in [2.24, 2.45) is 7.05 Å². The fourth-order valence-corrected chi connectivity index (χ4v) is 0.651. The molecule has 2 amide bonds. The molecule has 3 N–H and O–H groups in total. The van der Waals surface area contributed by atoms with Gasteiger partial charge >= 0.3 is 6.03 Å². The molecule has 13 heavy (non-hydrogen) atoms. The Balaban J connectivity index is 2.41. The van der Waals surface area contributed by atoms with E-state index in [1.165, 1.54) is 4.68 Å². The largest absolute Gasteiger partial charge is 0.395 e. The summed E-state index contributed by atoms with van der Waals surface area (Å²) in [6.07, 6.45) is 0. The van der Waals surface area contributed by atoms with Gasteiger partial charge in [0.1, 0.15) is 0 Å². The maximum absolute atomic E-state index is 11.0. The summed E-state index contributed by atoms with van der Waals surface area (Å²) in [5, 5.41) is 23.6. The van der Waals surface area contributed by atoms with Crippen molar-refractivity contribution in [3.05, 3.63) is 0 Å². The summed E-state index contributed by atoms with van der Waals surface area (Å²) < 4.78 is 1.32. The van der Waals surface area contributed by atoms with Gasteiger partial charge in [-0.05, 0) is 10.4 Å². The Labute approximate surface area is 73.9 Å². The smallest absolute Gasteiger partial charge is 0.321 e. The molecule has 8 heteroatoms. The number of nitrogens with zero attached hydrogens (tertiary/aromatic N) is 4. The number of tetrazole rings is 1. The molecule has 0 aliphatic heterocycles. The third-order valence-corrected chi connectivity index (χ3v) is 1.24. The van der Waals surface area contributed by atoms with Crippen molar-refractivity contribution in [3.63, 3.8) is 0 Å². The molecule has 0 radical (unpaired) electrons. The SMILES string of the molecule is Cn1nnnc1NC(=O)NCCO. The van der Waals surface area contributed by atoms with E-state index in [0.29, 0.717) is 0 Å². The Kier molecular flexibility index (Phi) is 3.15. The Bertz CT molecular complexity index is 284. The van der Waals surface area contributed by atoms with Gasteiger partial charge in [0.25, 0.3) is 5.95 Å². The third-order valence-electron chi connectivity index (χ3n) is 1.24. The van der Waals surface area contributed by atoms with Crippen LogP contribution in [0.15, 0.2) is 0 Å². The first-order valence-corrected chi connectivity index (χ1v) is 3.62. The van der Waals surface area contributed by atoms with E-state index in [1.54, 1.807) is 7.05 Å². The first kappa shape index (κ1) is 9.39. The number of carbonyl (C=O) groups excluding carboxylic acids is 1. The number of aliphatic hydroxyl groups is 1. The predicted molar refractivity (Wildman–Crippen MR) is 42.9 cm³/mol. The number of aromatic nitrogens is 4. The molecule has 1 aromatic rings. The van der Waals surface area contributed by atoms with Crippen molar-refractivity contribution in [1.82, 2.24) is 25.5 Å². The standard InChI is InChI=1S/C5H10N6O2/c1-11-4(8-9-10-11)7-5(13)6-2-3-12/h12H,2-3H2,1H3,(H2,6,7,8,10,13). The predicted octanol–water partition coefficient (Wildman–Crippen LogP) is -1.68. The molecular formula is C5H10N6O2. The van der Waals surface area contributed by atoms with Gasteiger partial charge in [-0.2, -0.15) is 0 Å². The molecule has 1 rings (SSSR count). The zero-order chi connectivity index (χ0) is 9.68. The number of amides is 2. The molecule has 8 nitrogen and oxygen atoms in total. The van der Waals surface area contributed by atoms with E-state index in [1.807, 2.05) is 0 Å². The monoisotopic (exact) mass is 186 g/mol. The highest BCUT2D eigenvalue weighted by atomic mass is 16.3. The number of nitrogens with one attached hydrogen (secondary N) is 2. The Morgan fingerprint density at radius 1 is 1.69 bits per heavy atom. The Morgan fingerprint density at radius 3 is 3.00 bits per heavy atom. The van der Waals surface area contributed by atoms with Crippen molar-refractivity contribution in [2.45, 2.75) is 0 Å². The summed E-state index contributed by atoms with van der Waals surface area (Å²) in [5.41, 5.74) is 0. The molecule has 1 heterocycles. The number of urea groups is 1. The van der Waals surface area contributed by atoms with Gasteiger partial charge < -0.3 is 10.4 Å². The van der Waals surface area contributed by atoms with Crippen LogP contribution in [-0.4, -0.2) is 44.5 Å². The number of rotatable bonds is 3. The number of carbonyl (C=O) groups is 1. The van der Waals surface area contributed by atoms with E-state index in [4.69, 9.17) is 5.11 Å². The molecule has 0 saturated carbocycles. The van der Waals surface area contributed by atoms with Gasteiger partial charge in [0.2, 0.25) is 0 Å². The summed E-state index contributed by atoms with van der Waals surface area (Å²) in [5.74, 6) is 0.246. The minimum Gasteiger partial charge on any atom is -0.395 e. The lowest BCUT2D eigenvalue weighted by Crippen LogP contribution is -2.31. The van der Waals surface area contributed by atoms with Crippen LogP contribution in [0.5, 0.6) is 0 Å². The first-order chi connectivity index (χ1) is 6.24. The van der Waals surface area contributed by atoms with Gasteiger partial charge in [0.05, 0.1) is 6.61 Å². The lowest BCUT2D eigenvalue weighted by atomic mass is 10.7. The average molecular weight is 186 g/mol. The van der Waals surface area contributed by atoms with Crippen LogP contribution < -0.4 is 10.6 Å². The highest BCUT2D eigenvalue weighted by Gasteiger charge is 2.05. The van der Waals surface area contributed by atoms with Crippen LogP contribution in [0.25, 0.3) is 0 Å². The van der Waals surface area contributed by atoms with E-state index in [-0.39, 0.29) is 19.1 Å². The molecule has 0 spiro atoms. The highest BCUT2D eigenvalue weighted by molar-refractivity contribution is 5.87. The van der Waals surface area contributed by atoms with Crippen LogP contribution in [-0.2, 0) is 7.05 Å². The van der Waals surface area contributed by atoms with Crippen LogP contribution in [0.3, 0.4) is 0 Å². The first-order valence-electron chi connectivity index (χ1n) is 3.62. The molecular weight excluding hydrogens is 176 g/mol. The second-order valence-electron chi connectivity index (χ2n) is 2.23. The van der Waals surface area contributed by atoms with E-state index in [0.717, 1.165) is 0 Å². The minimum atomic E-state index is -0.452. The van der Waals surface area contributed by atoms with Crippen LogP contribution in [0.4, 0.5) is 10.7 Å². The number of hydrogen-bond acceptors (Lipinski definition) is 5. The molecule has 72 valence electrons. The second kappa shape index (κ2) is 4.36. The zero-order valence-electron chi connectivity index (χ0n) is 7.06. The topological polar surface area (TPSA) is 105 Å². The molecule has 0 aliphatic carbocycles. The zero-order valence-corrected chi connectivity index (χ0v) is 7.06. The normalized spacial score (nSPS) is 9.69. The van der Waals surface area contributed by atoms with Gasteiger partial charge in [-0.1, -0.05) is 5.10 Å². The van der Waals surface area contributed by atoms with Crippen molar-refractivity contribution in [2.75, 3.05) is 18.5 Å². The van der Waals surface area contributed by atoms with Crippen molar-refractivity contribution in [3.8, 4) is 0 Å². The van der Waals surface area contributed by atoms with E-state index < -0.39 is 6.03 Å². The van der Waals surface area contributed by atoms with Crippen LogP contribution in [0, 0.1) is 0 Å². The van der Waals surface area contributed by atoms with E-state index in [9.17, 15) is 4.79 Å². The molecule has 0 aliphatic rings. The maximum Gasteiger partial charge on any atom is 0.321 e. The Hall–Kier alpha value is -1.70. The Morgan fingerprint density at radius 2 is 2.46 bits per heavy atom. The van der Waals surface area contributed by atoms with Crippen LogP contribution in [0.1, 0.15) is 0 Å². The van der Waals surface area contributed by atoms with Crippen molar-refractivity contribution < 1.29 is 9.90 Å². The molecule has 1 aromatic heterocycles. The van der Waals surface area contributed by atoms with Gasteiger partial charge in [0.15, 0.2) is 0 Å². The van der Waals surface area contributed by atoms with Gasteiger partial charge in [-0.15, -0.1) is 0 Å². The van der Waals surface area contributed by atoms with Crippen molar-refractivity contribution >= 4 is 12.0 Å². The number of aliphatic hydroxyl groups excluding tert-OH is 1. The second-order valence-corrected chi connectivity index (χ2v) is 2.23. The summed E-state index contributed by atoms with van der Waals surface area (Å²) in [6.45, 7) is 0.0849.